The van der Waals surface area contributed by atoms with Crippen molar-refractivity contribution in [2.45, 2.75) is 30.4 Å². The van der Waals surface area contributed by atoms with Crippen LogP contribution in [0.15, 0.2) is 4.99 Å². The molecule has 3 aliphatic rings. The zero-order chi connectivity index (χ0) is 8.11. The summed E-state index contributed by atoms with van der Waals surface area (Å²) in [5, 5.41) is 0. The minimum absolute atomic E-state index is 0.0643. The zero-order valence-electron chi connectivity index (χ0n) is 6.63. The van der Waals surface area contributed by atoms with Crippen LogP contribution in [0.1, 0.15) is 19.3 Å². The third-order valence-electron chi connectivity index (χ3n) is 2.75. The van der Waals surface area contributed by atoms with Crippen molar-refractivity contribution in [2.75, 3.05) is 7.11 Å². The van der Waals surface area contributed by atoms with Crippen LogP contribution in [0.5, 0.6) is 0 Å². The van der Waals surface area contributed by atoms with Crippen LogP contribution < -0.4 is 11.5 Å². The molecule has 4 nitrogen and oxygen atoms in total. The molecule has 0 spiro atoms. The van der Waals surface area contributed by atoms with Gasteiger partial charge >= 0.3 is 0 Å². The average molecular weight is 155 g/mol. The van der Waals surface area contributed by atoms with Crippen molar-refractivity contribution < 1.29 is 4.74 Å². The third kappa shape index (κ3) is 0.758. The Morgan fingerprint density at radius 2 is 1.91 bits per heavy atom. The first kappa shape index (κ1) is 6.91. The molecule has 11 heavy (non-hydrogen) atoms. The summed E-state index contributed by atoms with van der Waals surface area (Å²) in [6, 6.07) is 0. The van der Waals surface area contributed by atoms with E-state index in [-0.39, 0.29) is 17.1 Å². The lowest BCUT2D eigenvalue weighted by atomic mass is 9.46. The minimum Gasteiger partial charge on any atom is -0.378 e. The van der Waals surface area contributed by atoms with Gasteiger partial charge in [-0.2, -0.15) is 0 Å². The van der Waals surface area contributed by atoms with Crippen LogP contribution in [-0.4, -0.2) is 24.2 Å². The molecular formula is C7H13N3O. The summed E-state index contributed by atoms with van der Waals surface area (Å²) in [7, 11) is 1.75. The fourth-order valence-electron chi connectivity index (χ4n) is 2.25. The first-order chi connectivity index (χ1) is 5.10. The van der Waals surface area contributed by atoms with E-state index < -0.39 is 0 Å². The molecule has 0 amide bonds. The number of hydrogen-bond donors (Lipinski definition) is 2. The van der Waals surface area contributed by atoms with E-state index >= 15 is 0 Å². The van der Waals surface area contributed by atoms with E-state index in [1.165, 1.54) is 0 Å². The van der Waals surface area contributed by atoms with E-state index in [0.717, 1.165) is 19.3 Å². The van der Waals surface area contributed by atoms with Gasteiger partial charge in [0.05, 0.1) is 11.1 Å². The number of guanidine groups is 1. The van der Waals surface area contributed by atoms with Gasteiger partial charge in [0.1, 0.15) is 0 Å². The zero-order valence-corrected chi connectivity index (χ0v) is 6.63. The van der Waals surface area contributed by atoms with Crippen LogP contribution >= 0.6 is 0 Å². The van der Waals surface area contributed by atoms with Crippen molar-refractivity contribution in [1.29, 1.82) is 0 Å². The van der Waals surface area contributed by atoms with Crippen LogP contribution in [0, 0.1) is 0 Å². The van der Waals surface area contributed by atoms with Gasteiger partial charge in [0.15, 0.2) is 5.96 Å². The highest BCUT2D eigenvalue weighted by Gasteiger charge is 2.69. The van der Waals surface area contributed by atoms with Crippen molar-refractivity contribution in [3.63, 3.8) is 0 Å². The largest absolute Gasteiger partial charge is 0.378 e. The first-order valence-corrected chi connectivity index (χ1v) is 3.76. The Morgan fingerprint density at radius 3 is 2.27 bits per heavy atom. The molecule has 0 atom stereocenters. The van der Waals surface area contributed by atoms with Crippen LogP contribution in [0.3, 0.4) is 0 Å². The van der Waals surface area contributed by atoms with E-state index in [0.29, 0.717) is 0 Å². The maximum Gasteiger partial charge on any atom is 0.186 e. The summed E-state index contributed by atoms with van der Waals surface area (Å²) in [6.07, 6.45) is 2.98. The van der Waals surface area contributed by atoms with E-state index in [4.69, 9.17) is 16.2 Å². The molecule has 0 radical (unpaired) electrons. The number of nitrogens with zero attached hydrogens (tertiary/aromatic N) is 1. The SMILES string of the molecule is COC12CC(N=C(N)N)(C1)C2. The first-order valence-electron chi connectivity index (χ1n) is 3.76. The lowest BCUT2D eigenvalue weighted by Gasteiger charge is -2.66. The second kappa shape index (κ2) is 1.69. The van der Waals surface area contributed by atoms with Gasteiger partial charge in [-0.05, 0) is 0 Å². The Labute approximate surface area is 65.6 Å². The van der Waals surface area contributed by atoms with Crippen LogP contribution in [0.4, 0.5) is 0 Å². The molecule has 4 N–H and O–H groups in total. The number of rotatable bonds is 2. The Morgan fingerprint density at radius 1 is 1.36 bits per heavy atom. The second-order valence-corrected chi connectivity index (χ2v) is 3.68. The Hall–Kier alpha value is -0.770. The molecule has 62 valence electrons. The number of nitrogens with two attached hydrogens (primary N) is 2. The Balaban J connectivity index is 1.99. The molecule has 0 unspecified atom stereocenters. The summed E-state index contributed by atoms with van der Waals surface area (Å²) in [4.78, 5) is 4.17. The lowest BCUT2D eigenvalue weighted by molar-refractivity contribution is -0.222. The molecule has 3 fully saturated rings. The highest BCUT2D eigenvalue weighted by Crippen LogP contribution is 2.64. The van der Waals surface area contributed by atoms with Gasteiger partial charge in [-0.3, -0.25) is 0 Å². The van der Waals surface area contributed by atoms with E-state index in [9.17, 15) is 0 Å². The molecular weight excluding hydrogens is 142 g/mol. The molecule has 0 aromatic carbocycles. The van der Waals surface area contributed by atoms with Crippen LogP contribution in [-0.2, 0) is 4.74 Å². The van der Waals surface area contributed by atoms with Gasteiger partial charge < -0.3 is 16.2 Å². The summed E-state index contributed by atoms with van der Waals surface area (Å²) in [5.41, 5.74) is 10.8. The molecule has 0 aliphatic heterocycles. The number of methoxy groups -OCH3 is 1. The quantitative estimate of drug-likeness (QED) is 0.420. The topological polar surface area (TPSA) is 73.6 Å². The van der Waals surface area contributed by atoms with Gasteiger partial charge in [0, 0.05) is 26.4 Å². The lowest BCUT2D eigenvalue weighted by Crippen LogP contribution is -2.72. The van der Waals surface area contributed by atoms with Crippen molar-refractivity contribution >= 4 is 5.96 Å². The highest BCUT2D eigenvalue weighted by atomic mass is 16.5. The van der Waals surface area contributed by atoms with Gasteiger partial charge in [0.2, 0.25) is 0 Å². The number of ether oxygens (including phenoxy) is 1. The molecule has 0 heterocycles. The van der Waals surface area contributed by atoms with Gasteiger partial charge in [-0.1, -0.05) is 0 Å². The van der Waals surface area contributed by atoms with Crippen molar-refractivity contribution in [3.05, 3.63) is 0 Å². The second-order valence-electron chi connectivity index (χ2n) is 3.68. The molecule has 3 rings (SSSR count). The van der Waals surface area contributed by atoms with Gasteiger partial charge in [0.25, 0.3) is 0 Å². The van der Waals surface area contributed by atoms with E-state index in [1.54, 1.807) is 7.11 Å². The van der Waals surface area contributed by atoms with Gasteiger partial charge in [-0.15, -0.1) is 0 Å². The summed E-state index contributed by atoms with van der Waals surface area (Å²) >= 11 is 0. The minimum atomic E-state index is 0.0643. The van der Waals surface area contributed by atoms with Gasteiger partial charge in [-0.25, -0.2) is 4.99 Å². The molecule has 3 aliphatic carbocycles. The van der Waals surface area contributed by atoms with Crippen molar-refractivity contribution in [2.24, 2.45) is 16.5 Å². The summed E-state index contributed by atoms with van der Waals surface area (Å²) in [6.45, 7) is 0. The normalized spacial score (nSPS) is 45.5. The van der Waals surface area contributed by atoms with Crippen LogP contribution in [0.2, 0.25) is 0 Å². The maximum atomic E-state index is 5.30. The fourth-order valence-corrected chi connectivity index (χ4v) is 2.25. The molecule has 0 aromatic rings. The number of aliphatic imine (C=N–C) groups is 1. The molecule has 0 aromatic heterocycles. The fraction of sp³-hybridized carbons (Fsp3) is 0.857. The Kier molecular flexibility index (Phi) is 1.06. The number of hydrogen-bond acceptors (Lipinski definition) is 2. The monoisotopic (exact) mass is 155 g/mol. The smallest absolute Gasteiger partial charge is 0.186 e. The summed E-state index contributed by atoms with van der Waals surface area (Å²) in [5.74, 6) is 0.203. The van der Waals surface area contributed by atoms with E-state index in [1.807, 2.05) is 0 Å². The van der Waals surface area contributed by atoms with E-state index in [2.05, 4.69) is 4.99 Å². The molecule has 3 saturated carbocycles. The van der Waals surface area contributed by atoms with Crippen LogP contribution in [0.25, 0.3) is 0 Å². The Bertz CT molecular complexity index is 200. The van der Waals surface area contributed by atoms with Crippen molar-refractivity contribution in [3.8, 4) is 0 Å². The molecule has 4 heteroatoms. The standard InChI is InChI=1S/C7H13N3O/c1-11-7-2-6(3-7,4-7)10-5(8)9/h2-4H2,1H3,(H4,8,9,10). The van der Waals surface area contributed by atoms with Crippen molar-refractivity contribution in [1.82, 2.24) is 0 Å². The predicted octanol–water partition coefficient (Wildman–Crippen LogP) is -0.419. The molecule has 2 bridgehead atoms. The summed E-state index contributed by atoms with van der Waals surface area (Å²) < 4.78 is 5.30. The third-order valence-corrected chi connectivity index (χ3v) is 2.75. The maximum absolute atomic E-state index is 5.30. The predicted molar refractivity (Wildman–Crippen MR) is 42.1 cm³/mol. The molecule has 0 saturated heterocycles. The highest BCUT2D eigenvalue weighted by molar-refractivity contribution is 5.76. The average Bonchev–Trinajstić information content (AvgIpc) is 1.74.